The molecule has 0 saturated heterocycles. The minimum Gasteiger partial charge on any atom is -0.384 e. The minimum atomic E-state index is -0.656. The number of rotatable bonds is 7. The number of thioether (sulfide) groups is 1. The van der Waals surface area contributed by atoms with Crippen LogP contribution < -0.4 is 17.0 Å². The van der Waals surface area contributed by atoms with Crippen LogP contribution in [0.15, 0.2) is 45.1 Å². The first kappa shape index (κ1) is 22.1. The molecule has 2 aromatic heterocycles. The Morgan fingerprint density at radius 2 is 1.88 bits per heavy atom. The largest absolute Gasteiger partial charge is 0.384 e. The topological polar surface area (TPSA) is 105 Å². The number of imidazole rings is 1. The lowest BCUT2D eigenvalue weighted by molar-refractivity contribution is 0.102. The molecule has 0 unspecified atom stereocenters. The van der Waals surface area contributed by atoms with Crippen LogP contribution in [-0.2, 0) is 26.4 Å². The summed E-state index contributed by atoms with van der Waals surface area (Å²) in [6.07, 6.45) is 4.74. The van der Waals surface area contributed by atoms with Crippen molar-refractivity contribution in [2.75, 3.05) is 11.5 Å². The fourth-order valence-electron chi connectivity index (χ4n) is 4.14. The van der Waals surface area contributed by atoms with Crippen molar-refractivity contribution < 1.29 is 4.79 Å². The molecule has 4 rings (SSSR count). The number of carbonyl (C=O) groups is 1. The second kappa shape index (κ2) is 9.20. The smallest absolute Gasteiger partial charge is 0.332 e. The van der Waals surface area contributed by atoms with Crippen LogP contribution in [0.5, 0.6) is 0 Å². The van der Waals surface area contributed by atoms with Crippen LogP contribution in [0, 0.1) is 0 Å². The van der Waals surface area contributed by atoms with Gasteiger partial charge >= 0.3 is 5.69 Å². The van der Waals surface area contributed by atoms with Gasteiger partial charge in [-0.25, -0.2) is 9.78 Å². The Bertz CT molecular complexity index is 1270. The lowest BCUT2D eigenvalue weighted by Crippen LogP contribution is -2.42. The normalized spacial score (nSPS) is 13.2. The molecule has 1 aromatic carbocycles. The molecule has 0 bridgehead atoms. The monoisotopic (exact) mass is 453 g/mol. The van der Waals surface area contributed by atoms with E-state index < -0.39 is 17.0 Å². The molecule has 0 saturated carbocycles. The quantitative estimate of drug-likeness (QED) is 0.435. The molecule has 0 spiro atoms. The zero-order chi connectivity index (χ0) is 22.8. The van der Waals surface area contributed by atoms with E-state index in [4.69, 9.17) is 10.7 Å². The average molecular weight is 454 g/mol. The summed E-state index contributed by atoms with van der Waals surface area (Å²) in [5, 5.41) is 0.730. The first-order valence-electron chi connectivity index (χ1n) is 10.8. The van der Waals surface area contributed by atoms with E-state index in [-0.39, 0.29) is 17.1 Å². The highest BCUT2D eigenvalue weighted by Gasteiger charge is 2.25. The van der Waals surface area contributed by atoms with Crippen LogP contribution >= 0.6 is 11.8 Å². The zero-order valence-corrected chi connectivity index (χ0v) is 19.2. The van der Waals surface area contributed by atoms with Gasteiger partial charge in [-0.15, -0.1) is 0 Å². The molecule has 0 atom stereocenters. The molecule has 8 nitrogen and oxygen atoms in total. The van der Waals surface area contributed by atoms with Crippen molar-refractivity contribution in [2.45, 2.75) is 50.7 Å². The summed E-state index contributed by atoms with van der Waals surface area (Å²) in [6.45, 7) is 2.25. The number of nitrogens with two attached hydrogens (primary N) is 1. The summed E-state index contributed by atoms with van der Waals surface area (Å²) in [5.74, 6) is -0.457. The lowest BCUT2D eigenvalue weighted by atomic mass is 10.0. The van der Waals surface area contributed by atoms with Crippen LogP contribution in [0.2, 0.25) is 0 Å². The van der Waals surface area contributed by atoms with E-state index in [1.165, 1.54) is 29.1 Å². The van der Waals surface area contributed by atoms with E-state index in [0.29, 0.717) is 13.0 Å². The van der Waals surface area contributed by atoms with Gasteiger partial charge in [-0.1, -0.05) is 36.9 Å². The Hall–Kier alpha value is -3.07. The highest BCUT2D eigenvalue weighted by molar-refractivity contribution is 7.99. The summed E-state index contributed by atoms with van der Waals surface area (Å²) < 4.78 is 4.36. The molecule has 0 amide bonds. The highest BCUT2D eigenvalue weighted by atomic mass is 32.2. The van der Waals surface area contributed by atoms with Gasteiger partial charge in [0.25, 0.3) is 5.56 Å². The number of aryl methyl sites for hydroxylation is 1. The predicted molar refractivity (Wildman–Crippen MR) is 126 cm³/mol. The van der Waals surface area contributed by atoms with Gasteiger partial charge in [0.05, 0.1) is 11.4 Å². The van der Waals surface area contributed by atoms with Gasteiger partial charge in [0.1, 0.15) is 11.4 Å². The number of hydrogen-bond acceptors (Lipinski definition) is 6. The lowest BCUT2D eigenvalue weighted by Gasteiger charge is -2.15. The van der Waals surface area contributed by atoms with Crippen LogP contribution in [-0.4, -0.2) is 30.2 Å². The number of hydrogen-bond donors (Lipinski definition) is 1. The molecule has 2 heterocycles. The Labute approximate surface area is 190 Å². The first-order valence-corrected chi connectivity index (χ1v) is 11.8. The van der Waals surface area contributed by atoms with Gasteiger partial charge in [-0.3, -0.25) is 23.3 Å². The number of nitrogen functional groups attached to an aromatic ring is 1. The van der Waals surface area contributed by atoms with Crippen molar-refractivity contribution in [1.29, 1.82) is 0 Å². The van der Waals surface area contributed by atoms with Gasteiger partial charge in [-0.2, -0.15) is 0 Å². The van der Waals surface area contributed by atoms with E-state index in [0.717, 1.165) is 46.8 Å². The molecule has 1 aliphatic rings. The molecular formula is C23H27N5O3S. The van der Waals surface area contributed by atoms with E-state index in [1.54, 1.807) is 0 Å². The molecule has 0 radical (unpaired) electrons. The molecule has 9 heteroatoms. The summed E-state index contributed by atoms with van der Waals surface area (Å²) >= 11 is 1.30. The maximum atomic E-state index is 13.1. The molecule has 0 fully saturated rings. The van der Waals surface area contributed by atoms with Crippen LogP contribution in [0.3, 0.4) is 0 Å². The van der Waals surface area contributed by atoms with Crippen molar-refractivity contribution in [3.05, 3.63) is 68.1 Å². The molecule has 32 heavy (non-hydrogen) atoms. The van der Waals surface area contributed by atoms with Gasteiger partial charge in [-0.05, 0) is 44.2 Å². The maximum Gasteiger partial charge on any atom is 0.332 e. The SMILES string of the molecule is CCCn1c(N)c(C(=O)CSc2nc3c(n2-c2ccccc2)CCCC3)c(=O)n(C)c1=O. The van der Waals surface area contributed by atoms with Crippen molar-refractivity contribution in [2.24, 2.45) is 7.05 Å². The summed E-state index contributed by atoms with van der Waals surface area (Å²) in [6, 6.07) is 9.97. The third kappa shape index (κ3) is 3.92. The molecule has 168 valence electrons. The van der Waals surface area contributed by atoms with Crippen molar-refractivity contribution >= 4 is 23.4 Å². The standard InChI is InChI=1S/C23H27N5O3S/c1-3-13-27-20(24)19(21(30)26(2)23(27)31)18(29)14-32-22-25-16-11-7-8-12-17(16)28(22)15-9-5-4-6-10-15/h4-6,9-10H,3,7-8,11-14,24H2,1-2H3. The van der Waals surface area contributed by atoms with Gasteiger partial charge in [0, 0.05) is 25.0 Å². The third-order valence-electron chi connectivity index (χ3n) is 5.76. The zero-order valence-electron chi connectivity index (χ0n) is 18.3. The second-order valence-electron chi connectivity index (χ2n) is 7.94. The Morgan fingerprint density at radius 1 is 1.16 bits per heavy atom. The minimum absolute atomic E-state index is 0.00644. The first-order chi connectivity index (χ1) is 15.4. The van der Waals surface area contributed by atoms with Crippen molar-refractivity contribution in [1.82, 2.24) is 18.7 Å². The van der Waals surface area contributed by atoms with Gasteiger partial charge < -0.3 is 5.73 Å². The van der Waals surface area contributed by atoms with Gasteiger partial charge in [0.2, 0.25) is 0 Å². The number of ketones is 1. The number of nitrogens with zero attached hydrogens (tertiary/aromatic N) is 4. The highest BCUT2D eigenvalue weighted by Crippen LogP contribution is 2.31. The summed E-state index contributed by atoms with van der Waals surface area (Å²) in [7, 11) is 1.37. The Kier molecular flexibility index (Phi) is 6.36. The van der Waals surface area contributed by atoms with Crippen LogP contribution in [0.1, 0.15) is 47.9 Å². The van der Waals surface area contributed by atoms with Crippen LogP contribution in [0.25, 0.3) is 5.69 Å². The van der Waals surface area contributed by atoms with Crippen LogP contribution in [0.4, 0.5) is 5.82 Å². The molecule has 2 N–H and O–H groups in total. The molecular weight excluding hydrogens is 426 g/mol. The van der Waals surface area contributed by atoms with Crippen molar-refractivity contribution in [3.63, 3.8) is 0 Å². The van der Waals surface area contributed by atoms with Crippen molar-refractivity contribution in [3.8, 4) is 5.69 Å². The number of para-hydroxylation sites is 1. The van der Waals surface area contributed by atoms with E-state index >= 15 is 0 Å². The fourth-order valence-corrected chi connectivity index (χ4v) is 5.07. The molecule has 3 aromatic rings. The number of Topliss-reactive ketones (excluding diaryl/α,β-unsaturated/α-hetero) is 1. The number of fused-ring (bicyclic) bond motifs is 1. The summed E-state index contributed by atoms with van der Waals surface area (Å²) in [4.78, 5) is 43.0. The predicted octanol–water partition coefficient (Wildman–Crippen LogP) is 2.58. The van der Waals surface area contributed by atoms with E-state index in [1.807, 2.05) is 37.3 Å². The number of aromatic nitrogens is 4. The van der Waals surface area contributed by atoms with Gasteiger partial charge in [0.15, 0.2) is 10.9 Å². The third-order valence-corrected chi connectivity index (χ3v) is 6.70. The number of benzene rings is 1. The van der Waals surface area contributed by atoms with E-state index in [9.17, 15) is 14.4 Å². The number of carbonyl (C=O) groups excluding carboxylic acids is 1. The number of anilines is 1. The van der Waals surface area contributed by atoms with E-state index in [2.05, 4.69) is 4.57 Å². The summed E-state index contributed by atoms with van der Waals surface area (Å²) in [5.41, 5.74) is 8.08. The molecule has 1 aliphatic carbocycles. The average Bonchev–Trinajstić information content (AvgIpc) is 3.18. The molecule has 0 aliphatic heterocycles. The Balaban J connectivity index is 1.68. The maximum absolute atomic E-state index is 13.1. The fraction of sp³-hybridized carbons (Fsp3) is 0.391. The second-order valence-corrected chi connectivity index (χ2v) is 8.88. The Morgan fingerprint density at radius 3 is 2.59 bits per heavy atom.